The lowest BCUT2D eigenvalue weighted by molar-refractivity contribution is 0.102. The Balaban J connectivity index is 1.86. The Morgan fingerprint density at radius 2 is 2.04 bits per heavy atom. The van der Waals surface area contributed by atoms with Crippen molar-refractivity contribution in [2.24, 2.45) is 0 Å². The molecule has 0 fully saturated rings. The first-order valence-electron chi connectivity index (χ1n) is 7.02. The second-order valence-corrected chi connectivity index (χ2v) is 6.36. The number of methoxy groups -OCH3 is 2. The molecule has 1 N–H and O–H groups in total. The highest BCUT2D eigenvalue weighted by Crippen LogP contribution is 2.35. The van der Waals surface area contributed by atoms with Crippen LogP contribution >= 0.6 is 22.9 Å². The van der Waals surface area contributed by atoms with Crippen LogP contribution in [0.3, 0.4) is 0 Å². The SMILES string of the molecule is COc1ccc(OC)c(-c2csc(NC(=O)c3csnc3C)n2)c1. The van der Waals surface area contributed by atoms with Crippen LogP contribution in [0.25, 0.3) is 11.3 Å². The third-order valence-electron chi connectivity index (χ3n) is 3.40. The van der Waals surface area contributed by atoms with Gasteiger partial charge in [-0.2, -0.15) is 4.37 Å². The quantitative estimate of drug-likeness (QED) is 0.747. The number of benzene rings is 1. The van der Waals surface area contributed by atoms with Crippen LogP contribution in [0.4, 0.5) is 5.13 Å². The van der Waals surface area contributed by atoms with Crippen LogP contribution in [0.5, 0.6) is 11.5 Å². The van der Waals surface area contributed by atoms with Crippen molar-refractivity contribution < 1.29 is 14.3 Å². The van der Waals surface area contributed by atoms with Crippen molar-refractivity contribution in [2.45, 2.75) is 6.92 Å². The molecule has 0 bridgehead atoms. The summed E-state index contributed by atoms with van der Waals surface area (Å²) in [5.74, 6) is 1.20. The van der Waals surface area contributed by atoms with E-state index in [2.05, 4.69) is 14.7 Å². The summed E-state index contributed by atoms with van der Waals surface area (Å²) in [6.07, 6.45) is 0. The van der Waals surface area contributed by atoms with E-state index in [1.807, 2.05) is 23.6 Å². The van der Waals surface area contributed by atoms with Crippen LogP contribution in [0.1, 0.15) is 16.1 Å². The molecule has 2 aromatic heterocycles. The number of nitrogens with zero attached hydrogens (tertiary/aromatic N) is 2. The fourth-order valence-corrected chi connectivity index (χ4v) is 3.54. The Labute approximate surface area is 147 Å². The maximum Gasteiger partial charge on any atom is 0.260 e. The van der Waals surface area contributed by atoms with Gasteiger partial charge in [-0.15, -0.1) is 11.3 Å². The van der Waals surface area contributed by atoms with Gasteiger partial charge in [0.2, 0.25) is 0 Å². The number of hydrogen-bond donors (Lipinski definition) is 1. The Hall–Kier alpha value is -2.45. The fraction of sp³-hybridized carbons (Fsp3) is 0.188. The topological polar surface area (TPSA) is 73.3 Å². The maximum atomic E-state index is 12.2. The first-order chi connectivity index (χ1) is 11.6. The van der Waals surface area contributed by atoms with E-state index >= 15 is 0 Å². The van der Waals surface area contributed by atoms with Crippen molar-refractivity contribution in [1.82, 2.24) is 9.36 Å². The lowest BCUT2D eigenvalue weighted by Gasteiger charge is -2.08. The third-order valence-corrected chi connectivity index (χ3v) is 4.88. The number of carbonyl (C=O) groups excluding carboxylic acids is 1. The molecule has 0 atom stereocenters. The number of anilines is 1. The Bertz CT molecular complexity index is 873. The highest BCUT2D eigenvalue weighted by molar-refractivity contribution is 7.14. The predicted octanol–water partition coefficient (Wildman–Crippen LogP) is 3.84. The number of carbonyl (C=O) groups is 1. The highest BCUT2D eigenvalue weighted by atomic mass is 32.1. The Morgan fingerprint density at radius 3 is 2.71 bits per heavy atom. The van der Waals surface area contributed by atoms with Crippen LogP contribution in [0.2, 0.25) is 0 Å². The number of aromatic nitrogens is 2. The molecule has 24 heavy (non-hydrogen) atoms. The van der Waals surface area contributed by atoms with Crippen molar-refractivity contribution in [2.75, 3.05) is 19.5 Å². The molecule has 0 saturated heterocycles. The molecule has 0 aliphatic rings. The highest BCUT2D eigenvalue weighted by Gasteiger charge is 2.15. The van der Waals surface area contributed by atoms with Crippen LogP contribution in [0.15, 0.2) is 29.0 Å². The molecule has 0 aliphatic heterocycles. The van der Waals surface area contributed by atoms with Crippen molar-refractivity contribution in [3.05, 3.63) is 40.2 Å². The molecule has 6 nitrogen and oxygen atoms in total. The fourth-order valence-electron chi connectivity index (χ4n) is 2.14. The van der Waals surface area contributed by atoms with Crippen LogP contribution < -0.4 is 14.8 Å². The monoisotopic (exact) mass is 361 g/mol. The number of aryl methyl sites for hydroxylation is 1. The van der Waals surface area contributed by atoms with Gasteiger partial charge in [0, 0.05) is 16.3 Å². The number of amides is 1. The number of nitrogens with one attached hydrogen (secondary N) is 1. The van der Waals surface area contributed by atoms with E-state index in [1.54, 1.807) is 26.5 Å². The third kappa shape index (κ3) is 3.24. The summed E-state index contributed by atoms with van der Waals surface area (Å²) in [5, 5.41) is 6.92. The van der Waals surface area contributed by atoms with Gasteiger partial charge in [-0.1, -0.05) is 0 Å². The second kappa shape index (κ2) is 6.98. The standard InChI is InChI=1S/C16H15N3O3S2/c1-9-12(7-24-19-9)15(20)18-16-17-13(8-23-16)11-6-10(21-2)4-5-14(11)22-3/h4-8H,1-3H3,(H,17,18,20). The molecule has 8 heteroatoms. The molecule has 3 aromatic rings. The molecule has 1 amide bonds. The zero-order valence-electron chi connectivity index (χ0n) is 13.3. The van der Waals surface area contributed by atoms with Crippen molar-refractivity contribution in [3.8, 4) is 22.8 Å². The predicted molar refractivity (Wildman–Crippen MR) is 95.5 cm³/mol. The van der Waals surface area contributed by atoms with Crippen LogP contribution in [-0.2, 0) is 0 Å². The summed E-state index contributed by atoms with van der Waals surface area (Å²) in [5.41, 5.74) is 2.80. The first-order valence-corrected chi connectivity index (χ1v) is 8.74. The summed E-state index contributed by atoms with van der Waals surface area (Å²) in [6, 6.07) is 5.50. The van der Waals surface area contributed by atoms with Gasteiger partial charge in [-0.25, -0.2) is 4.98 Å². The average Bonchev–Trinajstić information content (AvgIpc) is 3.23. The van der Waals surface area contributed by atoms with E-state index in [4.69, 9.17) is 9.47 Å². The maximum absolute atomic E-state index is 12.2. The lowest BCUT2D eigenvalue weighted by Crippen LogP contribution is -2.12. The zero-order chi connectivity index (χ0) is 17.1. The molecule has 2 heterocycles. The smallest absolute Gasteiger partial charge is 0.260 e. The summed E-state index contributed by atoms with van der Waals surface area (Å²) < 4.78 is 14.7. The van der Waals surface area contributed by atoms with Crippen LogP contribution in [-0.4, -0.2) is 29.5 Å². The number of rotatable bonds is 5. The van der Waals surface area contributed by atoms with Gasteiger partial charge in [-0.3, -0.25) is 10.1 Å². The van der Waals surface area contributed by atoms with Crippen molar-refractivity contribution in [3.63, 3.8) is 0 Å². The van der Waals surface area contributed by atoms with E-state index in [0.29, 0.717) is 33.6 Å². The number of thiazole rings is 1. The van der Waals surface area contributed by atoms with E-state index in [-0.39, 0.29) is 5.91 Å². The Kier molecular flexibility index (Phi) is 4.77. The molecule has 0 radical (unpaired) electrons. The van der Waals surface area contributed by atoms with E-state index in [9.17, 15) is 4.79 Å². The molecule has 1 aromatic carbocycles. The van der Waals surface area contributed by atoms with Gasteiger partial charge >= 0.3 is 0 Å². The van der Waals surface area contributed by atoms with E-state index < -0.39 is 0 Å². The summed E-state index contributed by atoms with van der Waals surface area (Å²) in [4.78, 5) is 16.7. The number of ether oxygens (including phenoxy) is 2. The molecular weight excluding hydrogens is 346 g/mol. The first kappa shape index (κ1) is 16.4. The molecule has 124 valence electrons. The second-order valence-electron chi connectivity index (χ2n) is 4.87. The minimum Gasteiger partial charge on any atom is -0.497 e. The largest absolute Gasteiger partial charge is 0.497 e. The van der Waals surface area contributed by atoms with E-state index in [1.165, 1.54) is 22.9 Å². The van der Waals surface area contributed by atoms with Gasteiger partial charge in [0.25, 0.3) is 5.91 Å². The Morgan fingerprint density at radius 1 is 1.21 bits per heavy atom. The molecule has 0 aliphatic carbocycles. The van der Waals surface area contributed by atoms with Gasteiger partial charge in [0.05, 0.1) is 31.2 Å². The van der Waals surface area contributed by atoms with Crippen LogP contribution in [0, 0.1) is 6.92 Å². The van der Waals surface area contributed by atoms with Gasteiger partial charge in [0.15, 0.2) is 5.13 Å². The minimum atomic E-state index is -0.209. The van der Waals surface area contributed by atoms with Gasteiger partial charge < -0.3 is 9.47 Å². The molecule has 3 rings (SSSR count). The summed E-state index contributed by atoms with van der Waals surface area (Å²) >= 11 is 2.61. The molecule has 0 spiro atoms. The molecular formula is C16H15N3O3S2. The van der Waals surface area contributed by atoms with Gasteiger partial charge in [0.1, 0.15) is 11.5 Å². The van der Waals surface area contributed by atoms with E-state index in [0.717, 1.165) is 5.56 Å². The zero-order valence-corrected chi connectivity index (χ0v) is 15.0. The normalized spacial score (nSPS) is 10.5. The average molecular weight is 361 g/mol. The molecule has 0 saturated carbocycles. The van der Waals surface area contributed by atoms with Crippen molar-refractivity contribution >= 4 is 33.9 Å². The lowest BCUT2D eigenvalue weighted by atomic mass is 10.1. The van der Waals surface area contributed by atoms with Gasteiger partial charge in [-0.05, 0) is 36.7 Å². The number of hydrogen-bond acceptors (Lipinski definition) is 7. The molecule has 0 unspecified atom stereocenters. The van der Waals surface area contributed by atoms with Crippen molar-refractivity contribution in [1.29, 1.82) is 0 Å². The summed E-state index contributed by atoms with van der Waals surface area (Å²) in [7, 11) is 3.21. The minimum absolute atomic E-state index is 0.209. The summed E-state index contributed by atoms with van der Waals surface area (Å²) in [6.45, 7) is 1.81.